The van der Waals surface area contributed by atoms with Crippen molar-refractivity contribution in [3.63, 3.8) is 0 Å². The lowest BCUT2D eigenvalue weighted by Crippen LogP contribution is -2.37. The van der Waals surface area contributed by atoms with Crippen LogP contribution in [0.3, 0.4) is 0 Å². The summed E-state index contributed by atoms with van der Waals surface area (Å²) in [6.07, 6.45) is 2.27. The SMILES string of the molecule is CC(C)(C)OC(=O)NC[C@@H]1[C@H]2CC[C@H]1NC2. The molecular formula is C12H22N2O2. The number of carbonyl (C=O) groups is 1. The van der Waals surface area contributed by atoms with E-state index in [0.717, 1.165) is 19.0 Å². The third-order valence-corrected chi connectivity index (χ3v) is 3.49. The van der Waals surface area contributed by atoms with Gasteiger partial charge < -0.3 is 15.4 Å². The fourth-order valence-electron chi connectivity index (χ4n) is 2.78. The van der Waals surface area contributed by atoms with Crippen molar-refractivity contribution in [2.24, 2.45) is 11.8 Å². The first-order valence-electron chi connectivity index (χ1n) is 6.16. The Labute approximate surface area is 97.1 Å². The summed E-state index contributed by atoms with van der Waals surface area (Å²) in [7, 11) is 0. The number of hydrogen-bond donors (Lipinski definition) is 2. The molecule has 0 aromatic heterocycles. The van der Waals surface area contributed by atoms with Gasteiger partial charge in [-0.05, 0) is 52.0 Å². The van der Waals surface area contributed by atoms with Crippen LogP contribution in [0.4, 0.5) is 4.79 Å². The molecule has 4 nitrogen and oxygen atoms in total. The summed E-state index contributed by atoms with van der Waals surface area (Å²) in [6.45, 7) is 7.51. The van der Waals surface area contributed by atoms with Crippen molar-refractivity contribution in [2.45, 2.75) is 45.3 Å². The van der Waals surface area contributed by atoms with Gasteiger partial charge in [-0.3, -0.25) is 0 Å². The first-order chi connectivity index (χ1) is 7.46. The second-order valence-corrected chi connectivity index (χ2v) is 5.90. The zero-order valence-electron chi connectivity index (χ0n) is 10.4. The highest BCUT2D eigenvalue weighted by Gasteiger charge is 2.41. The van der Waals surface area contributed by atoms with E-state index in [1.807, 2.05) is 20.8 Å². The van der Waals surface area contributed by atoms with Crippen LogP contribution in [0.5, 0.6) is 0 Å². The van der Waals surface area contributed by atoms with Gasteiger partial charge in [0, 0.05) is 12.6 Å². The molecule has 0 unspecified atom stereocenters. The third kappa shape index (κ3) is 2.67. The molecule has 0 radical (unpaired) electrons. The summed E-state index contributed by atoms with van der Waals surface area (Å²) in [6, 6.07) is 0.611. The highest BCUT2D eigenvalue weighted by Crippen LogP contribution is 2.36. The summed E-state index contributed by atoms with van der Waals surface area (Å²) < 4.78 is 5.22. The Balaban J connectivity index is 1.74. The van der Waals surface area contributed by atoms with E-state index in [-0.39, 0.29) is 6.09 Å². The van der Waals surface area contributed by atoms with Gasteiger partial charge in [0.25, 0.3) is 0 Å². The van der Waals surface area contributed by atoms with Crippen molar-refractivity contribution in [2.75, 3.05) is 13.1 Å². The number of ether oxygens (including phenoxy) is 1. The van der Waals surface area contributed by atoms with E-state index < -0.39 is 5.60 Å². The molecule has 4 heteroatoms. The number of rotatable bonds is 2. The van der Waals surface area contributed by atoms with E-state index in [0.29, 0.717) is 12.0 Å². The molecule has 3 atom stereocenters. The Bertz CT molecular complexity index is 253. The van der Waals surface area contributed by atoms with E-state index in [1.54, 1.807) is 0 Å². The van der Waals surface area contributed by atoms with Gasteiger partial charge in [0.15, 0.2) is 0 Å². The van der Waals surface area contributed by atoms with Crippen LogP contribution < -0.4 is 10.6 Å². The number of carbonyl (C=O) groups excluding carboxylic acids is 1. The highest BCUT2D eigenvalue weighted by atomic mass is 16.6. The third-order valence-electron chi connectivity index (χ3n) is 3.49. The second-order valence-electron chi connectivity index (χ2n) is 5.90. The Morgan fingerprint density at radius 3 is 2.62 bits per heavy atom. The van der Waals surface area contributed by atoms with Crippen molar-refractivity contribution in [3.8, 4) is 0 Å². The molecule has 1 saturated carbocycles. The van der Waals surface area contributed by atoms with Crippen LogP contribution in [0.15, 0.2) is 0 Å². The van der Waals surface area contributed by atoms with E-state index >= 15 is 0 Å². The van der Waals surface area contributed by atoms with Crippen molar-refractivity contribution in [3.05, 3.63) is 0 Å². The van der Waals surface area contributed by atoms with Gasteiger partial charge in [0.05, 0.1) is 0 Å². The molecule has 0 spiro atoms. The van der Waals surface area contributed by atoms with Crippen LogP contribution in [0.25, 0.3) is 0 Å². The van der Waals surface area contributed by atoms with Gasteiger partial charge in [-0.1, -0.05) is 0 Å². The van der Waals surface area contributed by atoms with Crippen LogP contribution >= 0.6 is 0 Å². The number of hydrogen-bond acceptors (Lipinski definition) is 3. The Morgan fingerprint density at radius 1 is 1.44 bits per heavy atom. The maximum atomic E-state index is 11.5. The zero-order valence-corrected chi connectivity index (χ0v) is 10.4. The maximum absolute atomic E-state index is 11.5. The Kier molecular flexibility index (Phi) is 3.10. The molecule has 1 aliphatic heterocycles. The van der Waals surface area contributed by atoms with Crippen LogP contribution in [0.2, 0.25) is 0 Å². The summed E-state index contributed by atoms with van der Waals surface area (Å²) >= 11 is 0. The van der Waals surface area contributed by atoms with Gasteiger partial charge in [-0.25, -0.2) is 4.79 Å². The lowest BCUT2D eigenvalue weighted by atomic mass is 9.98. The Hall–Kier alpha value is -0.770. The van der Waals surface area contributed by atoms with Gasteiger partial charge in [0.1, 0.15) is 5.60 Å². The monoisotopic (exact) mass is 226 g/mol. The molecule has 2 aliphatic rings. The molecule has 1 heterocycles. The minimum absolute atomic E-state index is 0.293. The molecule has 16 heavy (non-hydrogen) atoms. The molecule has 2 bridgehead atoms. The minimum Gasteiger partial charge on any atom is -0.444 e. The molecule has 2 fully saturated rings. The van der Waals surface area contributed by atoms with Crippen molar-refractivity contribution < 1.29 is 9.53 Å². The summed E-state index contributed by atoms with van der Waals surface area (Å²) in [5.41, 5.74) is -0.406. The smallest absolute Gasteiger partial charge is 0.407 e. The largest absolute Gasteiger partial charge is 0.444 e. The summed E-state index contributed by atoms with van der Waals surface area (Å²) in [5, 5.41) is 6.37. The lowest BCUT2D eigenvalue weighted by molar-refractivity contribution is 0.0517. The standard InChI is InChI=1S/C12H22N2O2/c1-12(2,3)16-11(15)14-7-9-8-4-5-10(9)13-6-8/h8-10,13H,4-7H2,1-3H3,(H,14,15)/t8-,9+,10+/m0/s1. The van der Waals surface area contributed by atoms with Crippen LogP contribution in [-0.4, -0.2) is 30.8 Å². The van der Waals surface area contributed by atoms with Crippen molar-refractivity contribution in [1.29, 1.82) is 0 Å². The highest BCUT2D eigenvalue weighted by molar-refractivity contribution is 5.67. The average Bonchev–Trinajstić information content (AvgIpc) is 2.70. The lowest BCUT2D eigenvalue weighted by Gasteiger charge is -2.21. The molecule has 1 saturated heterocycles. The molecule has 1 aliphatic carbocycles. The van der Waals surface area contributed by atoms with Crippen molar-refractivity contribution >= 4 is 6.09 Å². The molecular weight excluding hydrogens is 204 g/mol. The fourth-order valence-corrected chi connectivity index (χ4v) is 2.78. The molecule has 0 aromatic carbocycles. The average molecular weight is 226 g/mol. The number of piperidine rings is 1. The number of alkyl carbamates (subject to hydrolysis) is 1. The molecule has 1 amide bonds. The van der Waals surface area contributed by atoms with Crippen LogP contribution in [-0.2, 0) is 4.74 Å². The topological polar surface area (TPSA) is 50.4 Å². The second kappa shape index (κ2) is 4.24. The van der Waals surface area contributed by atoms with E-state index in [4.69, 9.17) is 4.74 Å². The molecule has 2 N–H and O–H groups in total. The molecule has 2 rings (SSSR count). The number of fused-ring (bicyclic) bond motifs is 2. The van der Waals surface area contributed by atoms with Crippen LogP contribution in [0, 0.1) is 11.8 Å². The normalized spacial score (nSPS) is 32.8. The maximum Gasteiger partial charge on any atom is 0.407 e. The molecule has 0 aromatic rings. The minimum atomic E-state index is -0.406. The fraction of sp³-hybridized carbons (Fsp3) is 0.917. The zero-order chi connectivity index (χ0) is 11.8. The Morgan fingerprint density at radius 2 is 2.19 bits per heavy atom. The molecule has 92 valence electrons. The van der Waals surface area contributed by atoms with Crippen LogP contribution in [0.1, 0.15) is 33.6 Å². The van der Waals surface area contributed by atoms with Gasteiger partial charge in [0.2, 0.25) is 0 Å². The van der Waals surface area contributed by atoms with Gasteiger partial charge >= 0.3 is 6.09 Å². The van der Waals surface area contributed by atoms with Crippen molar-refractivity contribution in [1.82, 2.24) is 10.6 Å². The predicted molar refractivity (Wildman–Crippen MR) is 62.2 cm³/mol. The number of nitrogens with one attached hydrogen (secondary N) is 2. The summed E-state index contributed by atoms with van der Waals surface area (Å²) in [5.74, 6) is 1.35. The quantitative estimate of drug-likeness (QED) is 0.750. The van der Waals surface area contributed by atoms with E-state index in [2.05, 4.69) is 10.6 Å². The predicted octanol–water partition coefficient (Wildman–Crippen LogP) is 1.51. The van der Waals surface area contributed by atoms with E-state index in [1.165, 1.54) is 12.8 Å². The van der Waals surface area contributed by atoms with Gasteiger partial charge in [-0.2, -0.15) is 0 Å². The summed E-state index contributed by atoms with van der Waals surface area (Å²) in [4.78, 5) is 11.5. The first kappa shape index (κ1) is 11.7. The first-order valence-corrected chi connectivity index (χ1v) is 6.16. The van der Waals surface area contributed by atoms with Gasteiger partial charge in [-0.15, -0.1) is 0 Å². The number of amides is 1. The van der Waals surface area contributed by atoms with E-state index in [9.17, 15) is 4.79 Å².